The third-order valence-corrected chi connectivity index (χ3v) is 3.44. The zero-order chi connectivity index (χ0) is 14.0. The minimum absolute atomic E-state index is 0.0465. The van der Waals surface area contributed by atoms with E-state index in [2.05, 4.69) is 35.9 Å². The lowest BCUT2D eigenvalue weighted by Crippen LogP contribution is -2.15. The molecule has 0 unspecified atom stereocenters. The van der Waals surface area contributed by atoms with Crippen LogP contribution in [-0.2, 0) is 6.42 Å². The number of H-pyrrole nitrogens is 1. The van der Waals surface area contributed by atoms with Crippen molar-refractivity contribution in [3.63, 3.8) is 0 Å². The van der Waals surface area contributed by atoms with Crippen LogP contribution in [0.3, 0.4) is 0 Å². The van der Waals surface area contributed by atoms with Gasteiger partial charge in [0.05, 0.1) is 5.69 Å². The Hall–Kier alpha value is -1.90. The highest BCUT2D eigenvalue weighted by Crippen LogP contribution is 2.20. The van der Waals surface area contributed by atoms with Gasteiger partial charge in [0.1, 0.15) is 5.82 Å². The molecule has 0 atom stereocenters. The molecule has 2 aromatic rings. The van der Waals surface area contributed by atoms with Crippen LogP contribution in [0.2, 0.25) is 0 Å². The number of nitrogens with one attached hydrogen (secondary N) is 1. The van der Waals surface area contributed by atoms with Gasteiger partial charge in [-0.1, -0.05) is 45.0 Å². The fourth-order valence-corrected chi connectivity index (χ4v) is 2.09. The molecule has 0 saturated carbocycles. The molecule has 3 heteroatoms. The van der Waals surface area contributed by atoms with E-state index in [1.807, 2.05) is 26.0 Å². The van der Waals surface area contributed by atoms with E-state index in [4.69, 9.17) is 0 Å². The molecule has 0 spiro atoms. The van der Waals surface area contributed by atoms with Gasteiger partial charge in [-0.25, -0.2) is 4.98 Å². The molecule has 0 aliphatic carbocycles. The van der Waals surface area contributed by atoms with Gasteiger partial charge in [0.15, 0.2) is 0 Å². The number of hydrogen-bond donors (Lipinski definition) is 1. The molecule has 1 heterocycles. The predicted octanol–water partition coefficient (Wildman–Crippen LogP) is 3.43. The van der Waals surface area contributed by atoms with Crippen LogP contribution in [0, 0.1) is 6.92 Å². The molecule has 0 radical (unpaired) electrons. The van der Waals surface area contributed by atoms with Crippen LogP contribution >= 0.6 is 0 Å². The second kappa shape index (κ2) is 5.39. The molecular formula is C16H20N2O. The Morgan fingerprint density at radius 2 is 1.84 bits per heavy atom. The molecule has 1 aromatic heterocycles. The van der Waals surface area contributed by atoms with E-state index in [0.717, 1.165) is 17.7 Å². The Labute approximate surface area is 113 Å². The molecule has 2 rings (SSSR count). The van der Waals surface area contributed by atoms with E-state index >= 15 is 0 Å². The third-order valence-electron chi connectivity index (χ3n) is 3.44. The first kappa shape index (κ1) is 13.5. The normalized spacial score (nSPS) is 11.0. The van der Waals surface area contributed by atoms with Gasteiger partial charge >= 0.3 is 0 Å². The average molecular weight is 256 g/mol. The van der Waals surface area contributed by atoms with E-state index in [1.165, 1.54) is 5.56 Å². The number of benzene rings is 1. The molecule has 0 amide bonds. The summed E-state index contributed by atoms with van der Waals surface area (Å²) in [5.74, 6) is 1.16. The highest BCUT2D eigenvalue weighted by atomic mass is 16.1. The molecule has 0 aliphatic heterocycles. The molecule has 0 aliphatic rings. The summed E-state index contributed by atoms with van der Waals surface area (Å²) in [5, 5.41) is 0. The first-order valence-electron chi connectivity index (χ1n) is 6.73. The summed E-state index contributed by atoms with van der Waals surface area (Å²) in [5.41, 5.74) is 3.77. The Morgan fingerprint density at radius 1 is 1.21 bits per heavy atom. The number of aromatic amines is 1. The first-order valence-corrected chi connectivity index (χ1v) is 6.73. The number of rotatable bonds is 3. The summed E-state index contributed by atoms with van der Waals surface area (Å²) in [6, 6.07) is 8.21. The van der Waals surface area contributed by atoms with Gasteiger partial charge in [0.2, 0.25) is 0 Å². The lowest BCUT2D eigenvalue weighted by molar-refractivity contribution is 0.866. The number of hydrogen-bond acceptors (Lipinski definition) is 2. The van der Waals surface area contributed by atoms with E-state index < -0.39 is 0 Å². The van der Waals surface area contributed by atoms with Gasteiger partial charge < -0.3 is 4.98 Å². The molecule has 1 aromatic carbocycles. The van der Waals surface area contributed by atoms with Crippen LogP contribution in [0.4, 0.5) is 0 Å². The minimum Gasteiger partial charge on any atom is -0.306 e. The van der Waals surface area contributed by atoms with Crippen LogP contribution in [0.5, 0.6) is 0 Å². The summed E-state index contributed by atoms with van der Waals surface area (Å²) >= 11 is 0. The Morgan fingerprint density at radius 3 is 2.37 bits per heavy atom. The van der Waals surface area contributed by atoms with Crippen LogP contribution in [0.1, 0.15) is 43.5 Å². The Kier molecular flexibility index (Phi) is 3.84. The lowest BCUT2D eigenvalue weighted by Gasteiger charge is -2.08. The molecule has 1 N–H and O–H groups in total. The topological polar surface area (TPSA) is 45.8 Å². The van der Waals surface area contributed by atoms with E-state index in [9.17, 15) is 4.79 Å². The number of nitrogens with zero attached hydrogens (tertiary/aromatic N) is 1. The van der Waals surface area contributed by atoms with Gasteiger partial charge in [-0.2, -0.15) is 0 Å². The van der Waals surface area contributed by atoms with Crippen molar-refractivity contribution in [3.05, 3.63) is 51.4 Å². The SMILES string of the molecule is CCc1nc(-c2ccc(C(C)C)cc2)[nH]c(=O)c1C. The maximum Gasteiger partial charge on any atom is 0.254 e. The molecule has 0 saturated heterocycles. The average Bonchev–Trinajstić information content (AvgIpc) is 2.41. The quantitative estimate of drug-likeness (QED) is 0.914. The summed E-state index contributed by atoms with van der Waals surface area (Å²) in [6.07, 6.45) is 0.771. The standard InChI is InChI=1S/C16H20N2O/c1-5-14-11(4)16(19)18-15(17-14)13-8-6-12(7-9-13)10(2)3/h6-10H,5H2,1-4H3,(H,17,18,19). The van der Waals surface area contributed by atoms with Gasteiger partial charge in [0.25, 0.3) is 5.56 Å². The minimum atomic E-state index is -0.0465. The van der Waals surface area contributed by atoms with Crippen molar-refractivity contribution in [1.82, 2.24) is 9.97 Å². The lowest BCUT2D eigenvalue weighted by atomic mass is 10.0. The predicted molar refractivity (Wildman–Crippen MR) is 78.5 cm³/mol. The first-order chi connectivity index (χ1) is 9.02. The fourth-order valence-electron chi connectivity index (χ4n) is 2.09. The summed E-state index contributed by atoms with van der Waals surface area (Å²) in [7, 11) is 0. The highest BCUT2D eigenvalue weighted by molar-refractivity contribution is 5.55. The van der Waals surface area contributed by atoms with E-state index in [1.54, 1.807) is 0 Å². The van der Waals surface area contributed by atoms with Crippen molar-refractivity contribution in [2.45, 2.75) is 40.0 Å². The van der Waals surface area contributed by atoms with Gasteiger partial charge in [-0.05, 0) is 24.8 Å². The van der Waals surface area contributed by atoms with Crippen molar-refractivity contribution in [2.24, 2.45) is 0 Å². The van der Waals surface area contributed by atoms with Crippen LogP contribution < -0.4 is 5.56 Å². The molecule has 100 valence electrons. The van der Waals surface area contributed by atoms with Gasteiger partial charge in [-0.15, -0.1) is 0 Å². The zero-order valence-electron chi connectivity index (χ0n) is 11.9. The third kappa shape index (κ3) is 2.75. The summed E-state index contributed by atoms with van der Waals surface area (Å²) < 4.78 is 0. The van der Waals surface area contributed by atoms with Crippen molar-refractivity contribution in [2.75, 3.05) is 0 Å². The smallest absolute Gasteiger partial charge is 0.254 e. The van der Waals surface area contributed by atoms with Crippen LogP contribution in [0.25, 0.3) is 11.4 Å². The molecular weight excluding hydrogens is 236 g/mol. The van der Waals surface area contributed by atoms with Crippen LogP contribution in [0.15, 0.2) is 29.1 Å². The second-order valence-electron chi connectivity index (χ2n) is 5.12. The number of aryl methyl sites for hydroxylation is 1. The highest BCUT2D eigenvalue weighted by Gasteiger charge is 2.08. The van der Waals surface area contributed by atoms with Crippen molar-refractivity contribution in [3.8, 4) is 11.4 Å². The largest absolute Gasteiger partial charge is 0.306 e. The molecule has 19 heavy (non-hydrogen) atoms. The summed E-state index contributed by atoms with van der Waals surface area (Å²) in [6.45, 7) is 8.16. The fraction of sp³-hybridized carbons (Fsp3) is 0.375. The Bertz CT molecular complexity index is 624. The molecule has 0 bridgehead atoms. The monoisotopic (exact) mass is 256 g/mol. The van der Waals surface area contributed by atoms with Gasteiger partial charge in [0, 0.05) is 11.1 Å². The van der Waals surface area contributed by atoms with Gasteiger partial charge in [-0.3, -0.25) is 4.79 Å². The van der Waals surface area contributed by atoms with E-state index in [0.29, 0.717) is 17.3 Å². The number of aromatic nitrogens is 2. The van der Waals surface area contributed by atoms with E-state index in [-0.39, 0.29) is 5.56 Å². The Balaban J connectivity index is 2.47. The van der Waals surface area contributed by atoms with Crippen LogP contribution in [-0.4, -0.2) is 9.97 Å². The maximum atomic E-state index is 11.9. The van der Waals surface area contributed by atoms with Crippen molar-refractivity contribution in [1.29, 1.82) is 0 Å². The molecule has 3 nitrogen and oxygen atoms in total. The second-order valence-corrected chi connectivity index (χ2v) is 5.12. The van der Waals surface area contributed by atoms with Crippen molar-refractivity contribution >= 4 is 0 Å². The zero-order valence-corrected chi connectivity index (χ0v) is 11.9. The van der Waals surface area contributed by atoms with Crippen molar-refractivity contribution < 1.29 is 0 Å². The maximum absolute atomic E-state index is 11.9. The molecule has 0 fully saturated rings. The summed E-state index contributed by atoms with van der Waals surface area (Å²) in [4.78, 5) is 19.3.